The van der Waals surface area contributed by atoms with Crippen LogP contribution in [0.3, 0.4) is 0 Å². The molecule has 3 heteroatoms. The molecular weight excluding hydrogens is 216 g/mol. The number of anilines is 1. The first kappa shape index (κ1) is 13.4. The average Bonchev–Trinajstić information content (AvgIpc) is 2.34. The Morgan fingerprint density at radius 2 is 1.94 bits per heavy atom. The summed E-state index contributed by atoms with van der Waals surface area (Å²) in [6, 6.07) is 10.5. The molecule has 0 aliphatic heterocycles. The molecule has 0 saturated carbocycles. The van der Waals surface area contributed by atoms with E-state index in [4.69, 9.17) is 0 Å². The van der Waals surface area contributed by atoms with Crippen molar-refractivity contribution < 1.29 is 0 Å². The van der Waals surface area contributed by atoms with Gasteiger partial charge < -0.3 is 10.2 Å². The molecule has 0 radical (unpaired) electrons. The van der Waals surface area contributed by atoms with Crippen molar-refractivity contribution in [3.8, 4) is 0 Å². The van der Waals surface area contributed by atoms with Gasteiger partial charge in [-0.2, -0.15) is 11.8 Å². The first-order valence-electron chi connectivity index (χ1n) is 5.80. The second-order valence-electron chi connectivity index (χ2n) is 3.85. The van der Waals surface area contributed by atoms with Gasteiger partial charge in [-0.3, -0.25) is 0 Å². The molecule has 0 aromatic heterocycles. The van der Waals surface area contributed by atoms with Gasteiger partial charge in [0.15, 0.2) is 0 Å². The molecule has 0 heterocycles. The molecule has 0 unspecified atom stereocenters. The van der Waals surface area contributed by atoms with Crippen molar-refractivity contribution in [1.29, 1.82) is 0 Å². The number of rotatable bonds is 8. The largest absolute Gasteiger partial charge is 0.375 e. The summed E-state index contributed by atoms with van der Waals surface area (Å²) in [5.41, 5.74) is 1.30. The van der Waals surface area contributed by atoms with E-state index in [-0.39, 0.29) is 0 Å². The van der Waals surface area contributed by atoms with Crippen LogP contribution >= 0.6 is 11.8 Å². The van der Waals surface area contributed by atoms with Crippen LogP contribution in [0.4, 0.5) is 5.69 Å². The normalized spacial score (nSPS) is 10.4. The van der Waals surface area contributed by atoms with Crippen LogP contribution in [0.15, 0.2) is 30.3 Å². The number of nitrogens with one attached hydrogen (secondary N) is 1. The van der Waals surface area contributed by atoms with Crippen molar-refractivity contribution in [1.82, 2.24) is 5.32 Å². The minimum Gasteiger partial charge on any atom is -0.375 e. The summed E-state index contributed by atoms with van der Waals surface area (Å²) >= 11 is 1.89. The first-order chi connectivity index (χ1) is 7.84. The topological polar surface area (TPSA) is 15.3 Å². The predicted octanol–water partition coefficient (Wildman–Crippen LogP) is 2.47. The molecule has 0 fully saturated rings. The Hall–Kier alpha value is -0.670. The quantitative estimate of drug-likeness (QED) is 0.700. The Labute approximate surface area is 103 Å². The van der Waals surface area contributed by atoms with Gasteiger partial charge in [0.2, 0.25) is 0 Å². The standard InChI is InChI=1S/C13H22N2S/c1-15(13-7-4-3-5-8-13)11-6-9-14-10-12-16-2/h3-5,7-8,14H,6,9-12H2,1-2H3. The smallest absolute Gasteiger partial charge is 0.0363 e. The minimum atomic E-state index is 1.11. The molecule has 0 spiro atoms. The maximum absolute atomic E-state index is 3.45. The summed E-state index contributed by atoms with van der Waals surface area (Å²) in [4.78, 5) is 2.30. The van der Waals surface area contributed by atoms with Crippen LogP contribution in [-0.2, 0) is 0 Å². The molecule has 0 atom stereocenters. The predicted molar refractivity (Wildman–Crippen MR) is 75.6 cm³/mol. The molecule has 90 valence electrons. The van der Waals surface area contributed by atoms with E-state index >= 15 is 0 Å². The highest BCUT2D eigenvalue weighted by Crippen LogP contribution is 2.10. The fourth-order valence-corrected chi connectivity index (χ4v) is 1.90. The maximum atomic E-state index is 3.45. The van der Waals surface area contributed by atoms with E-state index in [9.17, 15) is 0 Å². The third-order valence-electron chi connectivity index (χ3n) is 2.53. The molecule has 1 aromatic carbocycles. The van der Waals surface area contributed by atoms with Crippen molar-refractivity contribution >= 4 is 17.4 Å². The van der Waals surface area contributed by atoms with Crippen LogP contribution in [0, 0.1) is 0 Å². The Morgan fingerprint density at radius 1 is 1.19 bits per heavy atom. The van der Waals surface area contributed by atoms with E-state index < -0.39 is 0 Å². The van der Waals surface area contributed by atoms with Crippen molar-refractivity contribution in [2.75, 3.05) is 43.6 Å². The first-order valence-corrected chi connectivity index (χ1v) is 7.20. The van der Waals surface area contributed by atoms with Crippen LogP contribution in [-0.4, -0.2) is 38.7 Å². The molecule has 0 aliphatic carbocycles. The average molecular weight is 238 g/mol. The van der Waals surface area contributed by atoms with E-state index in [1.54, 1.807) is 0 Å². The highest BCUT2D eigenvalue weighted by atomic mass is 32.2. The van der Waals surface area contributed by atoms with Crippen LogP contribution < -0.4 is 10.2 Å². The summed E-state index contributed by atoms with van der Waals surface area (Å²) < 4.78 is 0. The fraction of sp³-hybridized carbons (Fsp3) is 0.538. The third-order valence-corrected chi connectivity index (χ3v) is 3.14. The lowest BCUT2D eigenvalue weighted by Crippen LogP contribution is -2.24. The van der Waals surface area contributed by atoms with E-state index in [0.29, 0.717) is 0 Å². The second kappa shape index (κ2) is 8.48. The van der Waals surface area contributed by atoms with Gasteiger partial charge in [0, 0.05) is 31.6 Å². The summed E-state index contributed by atoms with van der Waals surface area (Å²) in [5.74, 6) is 1.20. The van der Waals surface area contributed by atoms with Gasteiger partial charge in [0.05, 0.1) is 0 Å². The van der Waals surface area contributed by atoms with Crippen LogP contribution in [0.25, 0.3) is 0 Å². The summed E-state index contributed by atoms with van der Waals surface area (Å²) in [6.07, 6.45) is 3.34. The molecule has 0 aliphatic rings. The maximum Gasteiger partial charge on any atom is 0.0363 e. The Morgan fingerprint density at radius 3 is 2.62 bits per heavy atom. The summed E-state index contributed by atoms with van der Waals surface area (Å²) in [7, 11) is 2.15. The zero-order valence-electron chi connectivity index (χ0n) is 10.3. The second-order valence-corrected chi connectivity index (χ2v) is 4.84. The summed E-state index contributed by atoms with van der Waals surface area (Å²) in [5, 5.41) is 3.45. The zero-order chi connectivity index (χ0) is 11.6. The van der Waals surface area contributed by atoms with E-state index in [2.05, 4.69) is 53.9 Å². The molecule has 0 saturated heterocycles. The van der Waals surface area contributed by atoms with Crippen molar-refractivity contribution in [2.45, 2.75) is 6.42 Å². The van der Waals surface area contributed by atoms with Crippen molar-refractivity contribution in [3.63, 3.8) is 0 Å². The molecule has 0 amide bonds. The lowest BCUT2D eigenvalue weighted by atomic mass is 10.3. The lowest BCUT2D eigenvalue weighted by Gasteiger charge is -2.19. The molecule has 1 aromatic rings. The lowest BCUT2D eigenvalue weighted by molar-refractivity contribution is 0.670. The summed E-state index contributed by atoms with van der Waals surface area (Å²) in [6.45, 7) is 3.34. The Balaban J connectivity index is 2.09. The highest BCUT2D eigenvalue weighted by molar-refractivity contribution is 7.98. The monoisotopic (exact) mass is 238 g/mol. The van der Waals surface area contributed by atoms with Crippen molar-refractivity contribution in [2.24, 2.45) is 0 Å². The molecule has 2 nitrogen and oxygen atoms in total. The van der Waals surface area contributed by atoms with E-state index in [1.165, 1.54) is 17.9 Å². The van der Waals surface area contributed by atoms with Crippen LogP contribution in [0.5, 0.6) is 0 Å². The van der Waals surface area contributed by atoms with Gasteiger partial charge in [0.1, 0.15) is 0 Å². The number of hydrogen-bond donors (Lipinski definition) is 1. The van der Waals surface area contributed by atoms with E-state index in [1.807, 2.05) is 11.8 Å². The molecular formula is C13H22N2S. The van der Waals surface area contributed by atoms with Crippen LogP contribution in [0.1, 0.15) is 6.42 Å². The van der Waals surface area contributed by atoms with Gasteiger partial charge in [-0.25, -0.2) is 0 Å². The number of nitrogens with zero attached hydrogens (tertiary/aromatic N) is 1. The van der Waals surface area contributed by atoms with Gasteiger partial charge in [-0.05, 0) is 31.4 Å². The van der Waals surface area contributed by atoms with Crippen LogP contribution in [0.2, 0.25) is 0 Å². The number of thioether (sulfide) groups is 1. The van der Waals surface area contributed by atoms with E-state index in [0.717, 1.165) is 19.6 Å². The highest BCUT2D eigenvalue weighted by Gasteiger charge is 1.98. The Kier molecular flexibility index (Phi) is 7.10. The third kappa shape index (κ3) is 5.42. The minimum absolute atomic E-state index is 1.11. The van der Waals surface area contributed by atoms with Crippen molar-refractivity contribution in [3.05, 3.63) is 30.3 Å². The SMILES string of the molecule is CSCCNCCCN(C)c1ccccc1. The molecule has 1 N–H and O–H groups in total. The number of hydrogen-bond acceptors (Lipinski definition) is 3. The van der Waals surface area contributed by atoms with Gasteiger partial charge >= 0.3 is 0 Å². The number of benzene rings is 1. The van der Waals surface area contributed by atoms with Gasteiger partial charge in [0.25, 0.3) is 0 Å². The number of para-hydroxylation sites is 1. The van der Waals surface area contributed by atoms with Gasteiger partial charge in [-0.1, -0.05) is 18.2 Å². The fourth-order valence-electron chi connectivity index (χ4n) is 1.55. The van der Waals surface area contributed by atoms with Gasteiger partial charge in [-0.15, -0.1) is 0 Å². The molecule has 0 bridgehead atoms. The zero-order valence-corrected chi connectivity index (χ0v) is 11.1. The Bertz CT molecular complexity index is 264. The molecule has 16 heavy (non-hydrogen) atoms. The molecule has 1 rings (SSSR count).